The lowest BCUT2D eigenvalue weighted by Crippen LogP contribution is -2.52. The van der Waals surface area contributed by atoms with Gasteiger partial charge in [-0.2, -0.15) is 40.6 Å². The molecule has 144 valence electrons. The number of alkyl halides is 5. The van der Waals surface area contributed by atoms with Gasteiger partial charge in [-0.25, -0.2) is 4.21 Å². The van der Waals surface area contributed by atoms with E-state index < -0.39 is 38.7 Å². The molecule has 0 radical (unpaired) electrons. The number of benzene rings is 2. The van der Waals surface area contributed by atoms with Crippen LogP contribution < -0.4 is 5.90 Å². The maximum Gasteiger partial charge on any atom is 0.423 e. The second kappa shape index (κ2) is 7.15. The molecule has 0 saturated heterocycles. The second-order valence-electron chi connectivity index (χ2n) is 4.87. The first-order valence-electron chi connectivity index (χ1n) is 6.55. The number of hydrogen-bond acceptors (Lipinski definition) is 6. The minimum Gasteiger partial charge on any atom is -0.266 e. The zero-order valence-electron chi connectivity index (χ0n) is 12.4. The van der Waals surface area contributed by atoms with Gasteiger partial charge in [-0.3, -0.25) is 4.18 Å². The molecular weight excluding hydrogens is 409 g/mol. The van der Waals surface area contributed by atoms with Gasteiger partial charge in [0, 0.05) is 0 Å². The minimum absolute atomic E-state index is 0.375. The van der Waals surface area contributed by atoms with Crippen molar-refractivity contribution in [3.05, 3.63) is 42.5 Å². The van der Waals surface area contributed by atoms with E-state index >= 15 is 0 Å². The van der Waals surface area contributed by atoms with Crippen molar-refractivity contribution in [2.24, 2.45) is 5.90 Å². The lowest BCUT2D eigenvalue weighted by atomic mass is 10.1. The van der Waals surface area contributed by atoms with Gasteiger partial charge in [0.1, 0.15) is 0 Å². The molecule has 0 saturated carbocycles. The van der Waals surface area contributed by atoms with Crippen molar-refractivity contribution in [2.75, 3.05) is 0 Å². The van der Waals surface area contributed by atoms with E-state index in [9.17, 15) is 34.6 Å². The lowest BCUT2D eigenvalue weighted by Gasteiger charge is -2.26. The van der Waals surface area contributed by atoms with Crippen molar-refractivity contribution in [3.63, 3.8) is 0 Å². The topological polar surface area (TPSA) is 95.7 Å². The highest BCUT2D eigenvalue weighted by molar-refractivity contribution is 7.87. The fraction of sp³-hybridized carbons (Fsp3) is 0.231. The van der Waals surface area contributed by atoms with Crippen molar-refractivity contribution >= 4 is 32.0 Å². The number of halogens is 5. The summed E-state index contributed by atoms with van der Waals surface area (Å²) >= 11 is -3.06. The van der Waals surface area contributed by atoms with Crippen LogP contribution in [0, 0.1) is 0 Å². The third kappa shape index (κ3) is 4.01. The number of fused-ring (bicyclic) bond motifs is 1. The van der Waals surface area contributed by atoms with Gasteiger partial charge >= 0.3 is 21.5 Å². The van der Waals surface area contributed by atoms with Gasteiger partial charge in [0.05, 0.1) is 4.90 Å². The highest BCUT2D eigenvalue weighted by atomic mass is 32.2. The van der Waals surface area contributed by atoms with Crippen LogP contribution in [-0.2, 0) is 29.7 Å². The first kappa shape index (κ1) is 20.6. The van der Waals surface area contributed by atoms with E-state index in [0.29, 0.717) is 10.8 Å². The van der Waals surface area contributed by atoms with Crippen LogP contribution in [0.5, 0.6) is 0 Å². The second-order valence-corrected chi connectivity index (χ2v) is 7.65. The summed E-state index contributed by atoms with van der Waals surface area (Å²) in [5, 5.41) is -4.53. The van der Waals surface area contributed by atoms with Crippen LogP contribution in [0.1, 0.15) is 0 Å². The van der Waals surface area contributed by atoms with Gasteiger partial charge < -0.3 is 0 Å². The molecule has 2 rings (SSSR count). The summed E-state index contributed by atoms with van der Waals surface area (Å²) in [7, 11) is -6.18. The zero-order valence-corrected chi connectivity index (χ0v) is 14.1. The average Bonchev–Trinajstić information content (AvgIpc) is 2.57. The molecule has 0 aromatic heterocycles. The number of rotatable bonds is 6. The molecule has 0 heterocycles. The van der Waals surface area contributed by atoms with Crippen molar-refractivity contribution in [2.45, 2.75) is 22.4 Å². The van der Waals surface area contributed by atoms with Gasteiger partial charge in [-0.05, 0) is 22.9 Å². The molecule has 0 aliphatic carbocycles. The van der Waals surface area contributed by atoms with Crippen molar-refractivity contribution in [1.82, 2.24) is 0 Å². The van der Waals surface area contributed by atoms with Crippen LogP contribution in [0.2, 0.25) is 0 Å². The molecule has 2 atom stereocenters. The first-order valence-corrected chi connectivity index (χ1v) is 9.03. The Balaban J connectivity index is 2.40. The van der Waals surface area contributed by atoms with Gasteiger partial charge in [-0.15, -0.1) is 0 Å². The van der Waals surface area contributed by atoms with Crippen molar-refractivity contribution < 1.29 is 43.0 Å². The largest absolute Gasteiger partial charge is 0.423 e. The Kier molecular flexibility index (Phi) is 5.68. The SMILES string of the molecule is NOS(=O)(=O)C(F)(F)C(OS(=O)c1ccc2ccccc2c1)C(F)(F)F. The fourth-order valence-electron chi connectivity index (χ4n) is 1.91. The van der Waals surface area contributed by atoms with E-state index in [4.69, 9.17) is 0 Å². The average molecular weight is 419 g/mol. The Labute approximate surface area is 146 Å². The summed E-state index contributed by atoms with van der Waals surface area (Å²) in [6.07, 6.45) is -10.2. The van der Waals surface area contributed by atoms with Crippen LogP contribution >= 0.6 is 0 Å². The van der Waals surface area contributed by atoms with Crippen LogP contribution in [0.3, 0.4) is 0 Å². The summed E-state index contributed by atoms with van der Waals surface area (Å²) in [6, 6.07) is 10.1. The van der Waals surface area contributed by atoms with E-state index in [1.807, 2.05) is 0 Å². The molecule has 0 bridgehead atoms. The molecule has 0 amide bonds. The first-order chi connectivity index (χ1) is 11.9. The molecule has 0 fully saturated rings. The Morgan fingerprint density at radius 2 is 1.58 bits per heavy atom. The van der Waals surface area contributed by atoms with Crippen LogP contribution in [0.15, 0.2) is 47.4 Å². The molecule has 0 aliphatic heterocycles. The predicted molar refractivity (Wildman–Crippen MR) is 80.4 cm³/mol. The number of nitrogens with two attached hydrogens (primary N) is 1. The predicted octanol–water partition coefficient (Wildman–Crippen LogP) is 2.62. The van der Waals surface area contributed by atoms with E-state index in [-0.39, 0.29) is 4.90 Å². The van der Waals surface area contributed by atoms with E-state index in [1.165, 1.54) is 6.07 Å². The highest BCUT2D eigenvalue weighted by Crippen LogP contribution is 2.39. The molecule has 2 N–H and O–H groups in total. The molecule has 6 nitrogen and oxygen atoms in total. The Hall–Kier alpha value is -1.67. The van der Waals surface area contributed by atoms with Crippen LogP contribution in [0.4, 0.5) is 22.0 Å². The highest BCUT2D eigenvalue weighted by Gasteiger charge is 2.66. The smallest absolute Gasteiger partial charge is 0.266 e. The van der Waals surface area contributed by atoms with E-state index in [2.05, 4.69) is 14.4 Å². The molecule has 2 aromatic rings. The minimum atomic E-state index is -6.18. The molecule has 26 heavy (non-hydrogen) atoms. The number of hydrogen-bond donors (Lipinski definition) is 1. The summed E-state index contributed by atoms with van der Waals surface area (Å²) in [6.45, 7) is 0. The quantitative estimate of drug-likeness (QED) is 0.571. The summed E-state index contributed by atoms with van der Waals surface area (Å²) in [5.41, 5.74) is 0. The fourth-order valence-corrected chi connectivity index (χ4v) is 3.46. The van der Waals surface area contributed by atoms with Crippen molar-refractivity contribution in [3.8, 4) is 0 Å². The molecular formula is C13H10F5NO5S2. The summed E-state index contributed by atoms with van der Waals surface area (Å²) < 4.78 is 107. The normalized spacial score (nSPS) is 15.8. The monoisotopic (exact) mass is 419 g/mol. The van der Waals surface area contributed by atoms with Gasteiger partial charge in [0.2, 0.25) is 0 Å². The van der Waals surface area contributed by atoms with Gasteiger partial charge in [0.15, 0.2) is 11.1 Å². The molecule has 13 heteroatoms. The van der Waals surface area contributed by atoms with E-state index in [0.717, 1.165) is 12.1 Å². The maximum absolute atomic E-state index is 13.7. The van der Waals surface area contributed by atoms with Gasteiger partial charge in [-0.1, -0.05) is 30.3 Å². The Morgan fingerprint density at radius 3 is 2.12 bits per heavy atom. The Bertz CT molecular complexity index is 932. The lowest BCUT2D eigenvalue weighted by molar-refractivity contribution is -0.237. The third-order valence-electron chi connectivity index (χ3n) is 3.16. The zero-order chi connectivity index (χ0) is 19.8. The standard InChI is InChI=1S/C13H10F5NO5S2/c14-12(15,16)11(13(17,18)26(21,22)24-19)23-25(20)10-6-5-8-3-1-2-4-9(8)7-10/h1-7,11H,19H2. The summed E-state index contributed by atoms with van der Waals surface area (Å²) in [5.74, 6) is 4.11. The summed E-state index contributed by atoms with van der Waals surface area (Å²) in [4.78, 5) is -0.375. The van der Waals surface area contributed by atoms with Gasteiger partial charge in [0.25, 0.3) is 6.10 Å². The molecule has 0 spiro atoms. The van der Waals surface area contributed by atoms with E-state index in [1.54, 1.807) is 24.3 Å². The molecule has 2 aromatic carbocycles. The molecule has 0 aliphatic rings. The van der Waals surface area contributed by atoms with Crippen LogP contribution in [-0.4, -0.2) is 30.2 Å². The maximum atomic E-state index is 13.7. The van der Waals surface area contributed by atoms with Crippen molar-refractivity contribution in [1.29, 1.82) is 0 Å². The Morgan fingerprint density at radius 1 is 1.00 bits per heavy atom. The van der Waals surface area contributed by atoms with Crippen LogP contribution in [0.25, 0.3) is 10.8 Å². The third-order valence-corrected chi connectivity index (χ3v) is 5.30. The molecule has 2 unspecified atom stereocenters.